The topological polar surface area (TPSA) is 66.4 Å². The molecule has 0 bridgehead atoms. The molecule has 4 nitrogen and oxygen atoms in total. The standard InChI is InChI=1S/C17H23NO3/c1-12(19)11-18-17(21)9-8-16(20)15-7-6-13-4-2-3-5-14(13)10-15/h6-7,10,12,19H,2-5,8-9,11H2,1H3,(H,18,21). The van der Waals surface area contributed by atoms with Crippen molar-refractivity contribution >= 4 is 11.7 Å². The minimum Gasteiger partial charge on any atom is -0.392 e. The summed E-state index contributed by atoms with van der Waals surface area (Å²) in [5, 5.41) is 11.7. The number of nitrogens with one attached hydrogen (secondary N) is 1. The van der Waals surface area contributed by atoms with Gasteiger partial charge in [-0.05, 0) is 49.8 Å². The van der Waals surface area contributed by atoms with E-state index in [0.29, 0.717) is 5.56 Å². The van der Waals surface area contributed by atoms with Crippen molar-refractivity contribution in [2.45, 2.75) is 51.6 Å². The number of rotatable bonds is 6. The molecule has 1 aliphatic rings. The molecule has 4 heteroatoms. The number of benzene rings is 1. The van der Waals surface area contributed by atoms with Crippen LogP contribution in [0.3, 0.4) is 0 Å². The van der Waals surface area contributed by atoms with Crippen LogP contribution >= 0.6 is 0 Å². The molecule has 1 amide bonds. The Hall–Kier alpha value is -1.68. The van der Waals surface area contributed by atoms with Crippen molar-refractivity contribution in [1.29, 1.82) is 0 Å². The molecule has 21 heavy (non-hydrogen) atoms. The number of hydrogen-bond acceptors (Lipinski definition) is 3. The summed E-state index contributed by atoms with van der Waals surface area (Å²) in [6, 6.07) is 5.92. The van der Waals surface area contributed by atoms with E-state index in [9.17, 15) is 9.59 Å². The van der Waals surface area contributed by atoms with Crippen LogP contribution < -0.4 is 5.32 Å². The third-order valence-corrected chi connectivity index (χ3v) is 3.84. The Kier molecular flexibility index (Phi) is 5.51. The van der Waals surface area contributed by atoms with E-state index in [1.54, 1.807) is 6.92 Å². The second kappa shape index (κ2) is 7.36. The molecule has 114 valence electrons. The van der Waals surface area contributed by atoms with E-state index in [1.807, 2.05) is 12.1 Å². The average Bonchev–Trinajstić information content (AvgIpc) is 2.50. The Morgan fingerprint density at radius 2 is 1.90 bits per heavy atom. The van der Waals surface area contributed by atoms with E-state index < -0.39 is 6.10 Å². The summed E-state index contributed by atoms with van der Waals surface area (Å²) >= 11 is 0. The van der Waals surface area contributed by atoms with Gasteiger partial charge < -0.3 is 10.4 Å². The SMILES string of the molecule is CC(O)CNC(=O)CCC(=O)c1ccc2c(c1)CCCC2. The molecule has 0 spiro atoms. The van der Waals surface area contributed by atoms with Crippen LogP contribution in [-0.2, 0) is 17.6 Å². The average molecular weight is 289 g/mol. The van der Waals surface area contributed by atoms with Crippen LogP contribution in [0.4, 0.5) is 0 Å². The van der Waals surface area contributed by atoms with Crippen LogP contribution in [0.25, 0.3) is 0 Å². The predicted molar refractivity (Wildman–Crippen MR) is 81.3 cm³/mol. The first-order chi connectivity index (χ1) is 10.1. The lowest BCUT2D eigenvalue weighted by Crippen LogP contribution is -2.30. The van der Waals surface area contributed by atoms with Crippen molar-refractivity contribution in [3.8, 4) is 0 Å². The van der Waals surface area contributed by atoms with Gasteiger partial charge in [0.05, 0.1) is 6.10 Å². The van der Waals surface area contributed by atoms with Crippen molar-refractivity contribution in [2.75, 3.05) is 6.54 Å². The van der Waals surface area contributed by atoms with Crippen molar-refractivity contribution in [3.63, 3.8) is 0 Å². The van der Waals surface area contributed by atoms with Crippen LogP contribution in [0.15, 0.2) is 18.2 Å². The third kappa shape index (κ3) is 4.67. The number of fused-ring (bicyclic) bond motifs is 1. The van der Waals surface area contributed by atoms with E-state index in [0.717, 1.165) is 12.8 Å². The number of Topliss-reactive ketones (excluding diaryl/α,β-unsaturated/α-hetero) is 1. The number of carbonyl (C=O) groups is 2. The maximum atomic E-state index is 12.1. The van der Waals surface area contributed by atoms with E-state index in [1.165, 1.54) is 24.0 Å². The van der Waals surface area contributed by atoms with Gasteiger partial charge in [-0.15, -0.1) is 0 Å². The van der Waals surface area contributed by atoms with Gasteiger partial charge in [0.25, 0.3) is 0 Å². The predicted octanol–water partition coefficient (Wildman–Crippen LogP) is 2.03. The number of aliphatic hydroxyl groups excluding tert-OH is 1. The molecule has 2 N–H and O–H groups in total. The summed E-state index contributed by atoms with van der Waals surface area (Å²) in [6.07, 6.45) is 4.38. The smallest absolute Gasteiger partial charge is 0.220 e. The molecule has 0 aliphatic heterocycles. The molecule has 0 saturated heterocycles. The summed E-state index contributed by atoms with van der Waals surface area (Å²) in [5.74, 6) is -0.183. The first-order valence-electron chi connectivity index (χ1n) is 7.66. The highest BCUT2D eigenvalue weighted by atomic mass is 16.3. The fourth-order valence-electron chi connectivity index (χ4n) is 2.63. The molecule has 0 heterocycles. The lowest BCUT2D eigenvalue weighted by molar-refractivity contribution is -0.121. The zero-order valence-electron chi connectivity index (χ0n) is 12.5. The van der Waals surface area contributed by atoms with Crippen LogP contribution in [0.1, 0.15) is 54.1 Å². The Balaban J connectivity index is 1.87. The van der Waals surface area contributed by atoms with Gasteiger partial charge in [-0.2, -0.15) is 0 Å². The van der Waals surface area contributed by atoms with Crippen LogP contribution in [-0.4, -0.2) is 29.4 Å². The highest BCUT2D eigenvalue weighted by Gasteiger charge is 2.14. The Labute approximate surface area is 125 Å². The molecule has 0 saturated carbocycles. The van der Waals surface area contributed by atoms with Gasteiger partial charge in [0.2, 0.25) is 5.91 Å². The normalized spacial score (nSPS) is 15.1. The summed E-state index contributed by atoms with van der Waals surface area (Å²) in [6.45, 7) is 1.84. The van der Waals surface area contributed by atoms with E-state index in [4.69, 9.17) is 5.11 Å². The molecule has 0 radical (unpaired) electrons. The fraction of sp³-hybridized carbons (Fsp3) is 0.529. The lowest BCUT2D eigenvalue weighted by atomic mass is 9.89. The zero-order chi connectivity index (χ0) is 15.2. The van der Waals surface area contributed by atoms with E-state index in [2.05, 4.69) is 11.4 Å². The first kappa shape index (κ1) is 15.7. The second-order valence-electron chi connectivity index (χ2n) is 5.77. The maximum absolute atomic E-state index is 12.1. The first-order valence-corrected chi connectivity index (χ1v) is 7.66. The molecular formula is C17H23NO3. The summed E-state index contributed by atoms with van der Waals surface area (Å²) in [5.41, 5.74) is 3.34. The van der Waals surface area contributed by atoms with Gasteiger partial charge in [0.1, 0.15) is 0 Å². The van der Waals surface area contributed by atoms with Gasteiger partial charge in [-0.3, -0.25) is 9.59 Å². The zero-order valence-corrected chi connectivity index (χ0v) is 12.5. The quantitative estimate of drug-likeness (QED) is 0.787. The van der Waals surface area contributed by atoms with Gasteiger partial charge in [0.15, 0.2) is 5.78 Å². The van der Waals surface area contributed by atoms with Gasteiger partial charge in [-0.25, -0.2) is 0 Å². The molecule has 1 atom stereocenters. The Morgan fingerprint density at radius 1 is 1.19 bits per heavy atom. The van der Waals surface area contributed by atoms with Crippen LogP contribution in [0.5, 0.6) is 0 Å². The number of hydrogen-bond donors (Lipinski definition) is 2. The molecular weight excluding hydrogens is 266 g/mol. The molecule has 2 rings (SSSR count). The minimum atomic E-state index is -0.565. The minimum absolute atomic E-state index is 0.00979. The monoisotopic (exact) mass is 289 g/mol. The number of aliphatic hydroxyl groups is 1. The van der Waals surface area contributed by atoms with Gasteiger partial charge in [0, 0.05) is 24.9 Å². The number of carbonyl (C=O) groups excluding carboxylic acids is 2. The summed E-state index contributed by atoms with van der Waals surface area (Å²) in [7, 11) is 0. The maximum Gasteiger partial charge on any atom is 0.220 e. The highest BCUT2D eigenvalue weighted by Crippen LogP contribution is 2.22. The van der Waals surface area contributed by atoms with Crippen molar-refractivity contribution in [3.05, 3.63) is 34.9 Å². The van der Waals surface area contributed by atoms with E-state index in [-0.39, 0.29) is 31.1 Å². The second-order valence-corrected chi connectivity index (χ2v) is 5.77. The number of ketones is 1. The lowest BCUT2D eigenvalue weighted by Gasteiger charge is -2.16. The largest absolute Gasteiger partial charge is 0.392 e. The summed E-state index contributed by atoms with van der Waals surface area (Å²) in [4.78, 5) is 23.7. The Bertz CT molecular complexity index is 523. The van der Waals surface area contributed by atoms with Crippen molar-refractivity contribution in [1.82, 2.24) is 5.32 Å². The van der Waals surface area contributed by atoms with Crippen LogP contribution in [0, 0.1) is 0 Å². The van der Waals surface area contributed by atoms with Crippen molar-refractivity contribution < 1.29 is 14.7 Å². The molecule has 1 aromatic rings. The van der Waals surface area contributed by atoms with Crippen molar-refractivity contribution in [2.24, 2.45) is 0 Å². The fourth-order valence-corrected chi connectivity index (χ4v) is 2.63. The Morgan fingerprint density at radius 3 is 2.62 bits per heavy atom. The third-order valence-electron chi connectivity index (χ3n) is 3.84. The molecule has 0 aromatic heterocycles. The molecule has 1 aromatic carbocycles. The molecule has 0 fully saturated rings. The van der Waals surface area contributed by atoms with Gasteiger partial charge in [-0.1, -0.05) is 12.1 Å². The number of aryl methyl sites for hydroxylation is 2. The van der Waals surface area contributed by atoms with Crippen LogP contribution in [0.2, 0.25) is 0 Å². The molecule has 1 unspecified atom stereocenters. The summed E-state index contributed by atoms with van der Waals surface area (Å²) < 4.78 is 0. The number of amides is 1. The molecule has 1 aliphatic carbocycles. The van der Waals surface area contributed by atoms with Gasteiger partial charge >= 0.3 is 0 Å². The van der Waals surface area contributed by atoms with E-state index >= 15 is 0 Å². The highest BCUT2D eigenvalue weighted by molar-refractivity contribution is 5.98.